The first-order chi connectivity index (χ1) is 11.6. The smallest absolute Gasteiger partial charge is 0.302 e. The first-order valence-corrected chi connectivity index (χ1v) is 7.17. The van der Waals surface area contributed by atoms with E-state index in [4.69, 9.17) is 24.6 Å². The van der Waals surface area contributed by atoms with Crippen LogP contribution in [-0.4, -0.2) is 29.3 Å². The fourth-order valence-electron chi connectivity index (χ4n) is 1.83. The van der Waals surface area contributed by atoms with Gasteiger partial charge in [-0.15, -0.1) is 0 Å². The lowest BCUT2D eigenvalue weighted by Gasteiger charge is -2.10. The highest BCUT2D eigenvalue weighted by Gasteiger charge is 2.09. The van der Waals surface area contributed by atoms with Gasteiger partial charge >= 0.3 is 5.97 Å². The normalized spacial score (nSPS) is 9.88. The second kappa shape index (κ2) is 8.50. The number of nitrogens with zero attached hydrogens (tertiary/aromatic N) is 2. The molecule has 2 rings (SSSR count). The average molecular weight is 328 g/mol. The highest BCUT2D eigenvalue weighted by atomic mass is 16.6. The maximum absolute atomic E-state index is 10.7. The van der Waals surface area contributed by atoms with Gasteiger partial charge in [0.15, 0.2) is 0 Å². The van der Waals surface area contributed by atoms with E-state index in [1.165, 1.54) is 13.0 Å². The molecule has 0 fully saturated rings. The van der Waals surface area contributed by atoms with Crippen molar-refractivity contribution in [2.45, 2.75) is 13.5 Å². The SMILES string of the molecule is CC(=O)OCCOc1nc(Oc2cccc(CO)c2)ccc1C#N. The van der Waals surface area contributed by atoms with E-state index >= 15 is 0 Å². The van der Waals surface area contributed by atoms with E-state index in [0.717, 1.165) is 0 Å². The molecular weight excluding hydrogens is 312 g/mol. The molecule has 0 saturated heterocycles. The molecule has 1 heterocycles. The van der Waals surface area contributed by atoms with Gasteiger partial charge in [0, 0.05) is 13.0 Å². The van der Waals surface area contributed by atoms with Crippen LogP contribution in [0.1, 0.15) is 18.1 Å². The number of aliphatic hydroxyl groups excluding tert-OH is 1. The second-order valence-corrected chi connectivity index (χ2v) is 4.71. The molecule has 124 valence electrons. The molecule has 1 aromatic carbocycles. The summed E-state index contributed by atoms with van der Waals surface area (Å²) in [5, 5.41) is 18.2. The van der Waals surface area contributed by atoms with Crippen LogP contribution in [0.5, 0.6) is 17.5 Å². The number of nitriles is 1. The van der Waals surface area contributed by atoms with Gasteiger partial charge < -0.3 is 19.3 Å². The zero-order chi connectivity index (χ0) is 17.4. The van der Waals surface area contributed by atoms with Crippen molar-refractivity contribution in [1.82, 2.24) is 4.98 Å². The van der Waals surface area contributed by atoms with E-state index in [9.17, 15) is 4.79 Å². The topological polar surface area (TPSA) is 102 Å². The molecule has 7 nitrogen and oxygen atoms in total. The van der Waals surface area contributed by atoms with Crippen LogP contribution < -0.4 is 9.47 Å². The third-order valence-corrected chi connectivity index (χ3v) is 2.89. The molecular formula is C17H16N2O5. The lowest BCUT2D eigenvalue weighted by atomic mass is 10.2. The molecule has 0 saturated carbocycles. The molecule has 0 aliphatic rings. The lowest BCUT2D eigenvalue weighted by molar-refractivity contribution is -0.141. The Morgan fingerprint density at radius 2 is 2.12 bits per heavy atom. The fourth-order valence-corrected chi connectivity index (χ4v) is 1.83. The summed E-state index contributed by atoms with van der Waals surface area (Å²) in [6.45, 7) is 1.34. The first kappa shape index (κ1) is 17.2. The standard InChI is InChI=1S/C17H16N2O5/c1-12(21)22-7-8-23-17-14(10-18)5-6-16(19-17)24-15-4-2-3-13(9-15)11-20/h2-6,9,20H,7-8,11H2,1H3. The van der Waals surface area contributed by atoms with Crippen LogP contribution in [0.2, 0.25) is 0 Å². The van der Waals surface area contributed by atoms with Gasteiger partial charge in [-0.25, -0.2) is 0 Å². The minimum atomic E-state index is -0.409. The van der Waals surface area contributed by atoms with E-state index in [0.29, 0.717) is 11.3 Å². The van der Waals surface area contributed by atoms with Crippen LogP contribution in [0.3, 0.4) is 0 Å². The number of ether oxygens (including phenoxy) is 3. The highest BCUT2D eigenvalue weighted by Crippen LogP contribution is 2.24. The molecule has 0 atom stereocenters. The van der Waals surface area contributed by atoms with Crippen molar-refractivity contribution < 1.29 is 24.1 Å². The Morgan fingerprint density at radius 3 is 2.83 bits per heavy atom. The maximum atomic E-state index is 10.7. The number of rotatable bonds is 7. The van der Waals surface area contributed by atoms with Crippen LogP contribution >= 0.6 is 0 Å². The summed E-state index contributed by atoms with van der Waals surface area (Å²) in [7, 11) is 0. The van der Waals surface area contributed by atoms with Crippen molar-refractivity contribution in [3.8, 4) is 23.6 Å². The molecule has 0 aliphatic heterocycles. The van der Waals surface area contributed by atoms with Gasteiger partial charge in [0.05, 0.1) is 6.61 Å². The number of pyridine rings is 1. The van der Waals surface area contributed by atoms with Gasteiger partial charge in [-0.3, -0.25) is 4.79 Å². The number of benzene rings is 1. The van der Waals surface area contributed by atoms with E-state index in [1.54, 1.807) is 30.3 Å². The van der Waals surface area contributed by atoms with Gasteiger partial charge in [-0.05, 0) is 23.8 Å². The Labute approximate surface area is 139 Å². The molecule has 1 N–H and O–H groups in total. The number of carbonyl (C=O) groups is 1. The third kappa shape index (κ3) is 4.97. The number of hydrogen-bond donors (Lipinski definition) is 1. The summed E-state index contributed by atoms with van der Waals surface area (Å²) < 4.78 is 15.7. The first-order valence-electron chi connectivity index (χ1n) is 7.17. The van der Waals surface area contributed by atoms with Crippen LogP contribution in [0.15, 0.2) is 36.4 Å². The fraction of sp³-hybridized carbons (Fsp3) is 0.235. The molecule has 2 aromatic rings. The summed E-state index contributed by atoms with van der Waals surface area (Å²) in [6, 6.07) is 12.0. The third-order valence-electron chi connectivity index (χ3n) is 2.89. The summed E-state index contributed by atoms with van der Waals surface area (Å²) >= 11 is 0. The summed E-state index contributed by atoms with van der Waals surface area (Å²) in [4.78, 5) is 14.8. The highest BCUT2D eigenvalue weighted by molar-refractivity contribution is 5.65. The number of hydrogen-bond acceptors (Lipinski definition) is 7. The Hall–Kier alpha value is -3.11. The predicted octanol–water partition coefficient (Wildman–Crippen LogP) is 2.18. The van der Waals surface area contributed by atoms with Crippen molar-refractivity contribution in [2.75, 3.05) is 13.2 Å². The van der Waals surface area contributed by atoms with Crippen molar-refractivity contribution >= 4 is 5.97 Å². The summed E-state index contributed by atoms with van der Waals surface area (Å²) in [5.74, 6) is 0.435. The Balaban J connectivity index is 2.09. The lowest BCUT2D eigenvalue weighted by Crippen LogP contribution is -2.11. The van der Waals surface area contributed by atoms with Crippen molar-refractivity contribution in [1.29, 1.82) is 5.26 Å². The number of esters is 1. The van der Waals surface area contributed by atoms with Crippen molar-refractivity contribution in [3.63, 3.8) is 0 Å². The second-order valence-electron chi connectivity index (χ2n) is 4.71. The van der Waals surface area contributed by atoms with Gasteiger partial charge in [0.25, 0.3) is 0 Å². The number of carbonyl (C=O) groups excluding carboxylic acids is 1. The Morgan fingerprint density at radius 1 is 1.29 bits per heavy atom. The Bertz CT molecular complexity index is 755. The van der Waals surface area contributed by atoms with Crippen molar-refractivity contribution in [2.24, 2.45) is 0 Å². The van der Waals surface area contributed by atoms with Crippen LogP contribution in [0.4, 0.5) is 0 Å². The number of aliphatic hydroxyl groups is 1. The molecule has 0 aliphatic carbocycles. The van der Waals surface area contributed by atoms with Gasteiger partial charge in [0.1, 0.15) is 30.6 Å². The van der Waals surface area contributed by atoms with E-state index in [1.807, 2.05) is 6.07 Å². The minimum absolute atomic E-state index is 0.0610. The Kier molecular flexibility index (Phi) is 6.11. The van der Waals surface area contributed by atoms with Gasteiger partial charge in [-0.1, -0.05) is 12.1 Å². The van der Waals surface area contributed by atoms with E-state index in [2.05, 4.69) is 4.98 Å². The monoisotopic (exact) mass is 328 g/mol. The molecule has 0 unspecified atom stereocenters. The van der Waals surface area contributed by atoms with Gasteiger partial charge in [0.2, 0.25) is 11.8 Å². The van der Waals surface area contributed by atoms with E-state index < -0.39 is 5.97 Å². The zero-order valence-corrected chi connectivity index (χ0v) is 13.1. The largest absolute Gasteiger partial charge is 0.473 e. The van der Waals surface area contributed by atoms with Crippen LogP contribution in [0.25, 0.3) is 0 Å². The molecule has 24 heavy (non-hydrogen) atoms. The van der Waals surface area contributed by atoms with Crippen LogP contribution in [0, 0.1) is 11.3 Å². The van der Waals surface area contributed by atoms with E-state index in [-0.39, 0.29) is 37.1 Å². The maximum Gasteiger partial charge on any atom is 0.302 e. The molecule has 0 amide bonds. The predicted molar refractivity (Wildman–Crippen MR) is 83.5 cm³/mol. The zero-order valence-electron chi connectivity index (χ0n) is 13.1. The summed E-state index contributed by atoms with van der Waals surface area (Å²) in [6.07, 6.45) is 0. The molecule has 0 radical (unpaired) electrons. The summed E-state index contributed by atoms with van der Waals surface area (Å²) in [5.41, 5.74) is 0.952. The molecule has 0 spiro atoms. The van der Waals surface area contributed by atoms with Crippen molar-refractivity contribution in [3.05, 3.63) is 47.5 Å². The molecule has 7 heteroatoms. The average Bonchev–Trinajstić information content (AvgIpc) is 2.59. The van der Waals surface area contributed by atoms with Crippen LogP contribution in [-0.2, 0) is 16.1 Å². The number of aromatic nitrogens is 1. The molecule has 0 bridgehead atoms. The van der Waals surface area contributed by atoms with Gasteiger partial charge in [-0.2, -0.15) is 10.2 Å². The molecule has 1 aromatic heterocycles. The quantitative estimate of drug-likeness (QED) is 0.614. The minimum Gasteiger partial charge on any atom is -0.473 e.